The van der Waals surface area contributed by atoms with Crippen LogP contribution in [0.15, 0.2) is 21.7 Å². The fourth-order valence-corrected chi connectivity index (χ4v) is 2.01. The van der Waals surface area contributed by atoms with Crippen molar-refractivity contribution >= 4 is 26.8 Å². The van der Waals surface area contributed by atoms with Gasteiger partial charge >= 0.3 is 0 Å². The van der Waals surface area contributed by atoms with Crippen LogP contribution >= 0.6 is 15.9 Å². The number of aromatic nitrogens is 3. The second kappa shape index (κ2) is 3.13. The smallest absolute Gasteiger partial charge is 0.260 e. The Hall–Kier alpha value is -1.23. The van der Waals surface area contributed by atoms with E-state index in [0.29, 0.717) is 16.8 Å². The molecule has 0 amide bonds. The molecular weight excluding hydrogens is 258 g/mol. The zero-order chi connectivity index (χ0) is 10.4. The van der Waals surface area contributed by atoms with Crippen LogP contribution in [0.1, 0.15) is 24.6 Å². The molecule has 76 valence electrons. The molecule has 1 saturated carbocycles. The first-order valence-corrected chi connectivity index (χ1v) is 5.58. The molecule has 15 heavy (non-hydrogen) atoms. The van der Waals surface area contributed by atoms with E-state index in [-0.39, 0.29) is 5.56 Å². The maximum Gasteiger partial charge on any atom is 0.260 e. The summed E-state index contributed by atoms with van der Waals surface area (Å²) in [4.78, 5) is 23.0. The SMILES string of the molecule is O=c1[nH]c(C2CC2)nc2c(Br)cncc12. The summed E-state index contributed by atoms with van der Waals surface area (Å²) in [6, 6.07) is 0. The average molecular weight is 266 g/mol. The number of fused-ring (bicyclic) bond motifs is 1. The number of hydrogen-bond donors (Lipinski definition) is 1. The molecule has 0 spiro atoms. The van der Waals surface area contributed by atoms with E-state index >= 15 is 0 Å². The van der Waals surface area contributed by atoms with Crippen LogP contribution in [0.4, 0.5) is 0 Å². The minimum absolute atomic E-state index is 0.101. The topological polar surface area (TPSA) is 58.6 Å². The van der Waals surface area contributed by atoms with Gasteiger partial charge in [0.2, 0.25) is 0 Å². The van der Waals surface area contributed by atoms with E-state index in [9.17, 15) is 4.79 Å². The molecule has 0 aromatic carbocycles. The molecule has 0 saturated heterocycles. The van der Waals surface area contributed by atoms with Crippen LogP contribution in [0.5, 0.6) is 0 Å². The number of nitrogens with one attached hydrogen (secondary N) is 1. The number of nitrogens with zero attached hydrogens (tertiary/aromatic N) is 2. The number of hydrogen-bond acceptors (Lipinski definition) is 3. The Morgan fingerprint density at radius 2 is 2.20 bits per heavy atom. The van der Waals surface area contributed by atoms with Crippen molar-refractivity contribution in [1.82, 2.24) is 15.0 Å². The van der Waals surface area contributed by atoms with Gasteiger partial charge in [0.15, 0.2) is 0 Å². The highest BCUT2D eigenvalue weighted by atomic mass is 79.9. The summed E-state index contributed by atoms with van der Waals surface area (Å²) in [6.07, 6.45) is 5.45. The molecule has 2 aromatic heterocycles. The molecule has 0 aliphatic heterocycles. The van der Waals surface area contributed by atoms with Crippen LogP contribution in [-0.4, -0.2) is 15.0 Å². The van der Waals surface area contributed by atoms with Crippen molar-refractivity contribution in [2.75, 3.05) is 0 Å². The van der Waals surface area contributed by atoms with Crippen LogP contribution in [0.3, 0.4) is 0 Å². The van der Waals surface area contributed by atoms with Gasteiger partial charge in [-0.15, -0.1) is 0 Å². The van der Waals surface area contributed by atoms with Crippen LogP contribution in [0.2, 0.25) is 0 Å². The summed E-state index contributed by atoms with van der Waals surface area (Å²) < 4.78 is 0.771. The van der Waals surface area contributed by atoms with Crippen LogP contribution < -0.4 is 5.56 Å². The molecule has 1 N–H and O–H groups in total. The molecule has 0 radical (unpaired) electrons. The number of halogens is 1. The fourth-order valence-electron chi connectivity index (χ4n) is 1.59. The highest BCUT2D eigenvalue weighted by molar-refractivity contribution is 9.10. The molecule has 2 aromatic rings. The molecule has 1 aliphatic carbocycles. The predicted octanol–water partition coefficient (Wildman–Crippen LogP) is 1.96. The monoisotopic (exact) mass is 265 g/mol. The Morgan fingerprint density at radius 1 is 1.40 bits per heavy atom. The standard InChI is InChI=1S/C10H8BrN3O/c11-7-4-12-3-6-8(7)13-9(5-1-2-5)14-10(6)15/h3-5H,1-2H2,(H,13,14,15). The lowest BCUT2D eigenvalue weighted by Gasteiger charge is -2.01. The molecule has 0 unspecified atom stereocenters. The van der Waals surface area contributed by atoms with Gasteiger partial charge in [0.1, 0.15) is 5.82 Å². The fraction of sp³-hybridized carbons (Fsp3) is 0.300. The van der Waals surface area contributed by atoms with Crippen LogP contribution in [-0.2, 0) is 0 Å². The van der Waals surface area contributed by atoms with Crippen molar-refractivity contribution in [2.45, 2.75) is 18.8 Å². The molecule has 2 heterocycles. The predicted molar refractivity (Wildman–Crippen MR) is 59.8 cm³/mol. The Bertz CT molecular complexity index is 589. The quantitative estimate of drug-likeness (QED) is 0.858. The van der Waals surface area contributed by atoms with Gasteiger partial charge in [-0.05, 0) is 28.8 Å². The molecule has 3 rings (SSSR count). The molecule has 5 heteroatoms. The summed E-state index contributed by atoms with van der Waals surface area (Å²) in [5, 5.41) is 0.536. The van der Waals surface area contributed by atoms with E-state index in [1.165, 1.54) is 0 Å². The lowest BCUT2D eigenvalue weighted by atomic mass is 10.3. The molecule has 0 bridgehead atoms. The number of H-pyrrole nitrogens is 1. The van der Waals surface area contributed by atoms with E-state index in [1.807, 2.05) is 0 Å². The van der Waals surface area contributed by atoms with Crippen molar-refractivity contribution in [2.24, 2.45) is 0 Å². The maximum absolute atomic E-state index is 11.7. The zero-order valence-electron chi connectivity index (χ0n) is 7.83. The van der Waals surface area contributed by atoms with Crippen LogP contribution in [0, 0.1) is 0 Å². The van der Waals surface area contributed by atoms with E-state index in [2.05, 4.69) is 30.9 Å². The molecule has 1 aliphatic rings. The lowest BCUT2D eigenvalue weighted by molar-refractivity contribution is 0.929. The van der Waals surface area contributed by atoms with Gasteiger partial charge in [0, 0.05) is 18.3 Å². The highest BCUT2D eigenvalue weighted by Crippen LogP contribution is 2.38. The number of aromatic amines is 1. The molecule has 4 nitrogen and oxygen atoms in total. The lowest BCUT2D eigenvalue weighted by Crippen LogP contribution is -2.11. The summed E-state index contributed by atoms with van der Waals surface area (Å²) in [6.45, 7) is 0. The summed E-state index contributed by atoms with van der Waals surface area (Å²) in [5.74, 6) is 1.25. The van der Waals surface area contributed by atoms with Gasteiger partial charge in [-0.25, -0.2) is 4.98 Å². The van der Waals surface area contributed by atoms with Crippen molar-refractivity contribution in [1.29, 1.82) is 0 Å². The summed E-state index contributed by atoms with van der Waals surface area (Å²) in [7, 11) is 0. The highest BCUT2D eigenvalue weighted by Gasteiger charge is 2.26. The van der Waals surface area contributed by atoms with Gasteiger partial charge in [0.05, 0.1) is 15.4 Å². The summed E-state index contributed by atoms with van der Waals surface area (Å²) in [5.41, 5.74) is 0.603. The van der Waals surface area contributed by atoms with E-state index in [0.717, 1.165) is 23.1 Å². The van der Waals surface area contributed by atoms with Gasteiger partial charge in [0.25, 0.3) is 5.56 Å². The number of pyridine rings is 1. The minimum Gasteiger partial charge on any atom is -0.310 e. The third-order valence-electron chi connectivity index (χ3n) is 2.56. The van der Waals surface area contributed by atoms with Gasteiger partial charge in [-0.2, -0.15) is 0 Å². The largest absolute Gasteiger partial charge is 0.310 e. The molecule has 0 atom stereocenters. The molecular formula is C10H8BrN3O. The van der Waals surface area contributed by atoms with Crippen molar-refractivity contribution in [3.05, 3.63) is 33.0 Å². The Kier molecular flexibility index (Phi) is 1.88. The maximum atomic E-state index is 11.7. The van der Waals surface area contributed by atoms with E-state index < -0.39 is 0 Å². The third kappa shape index (κ3) is 1.47. The Labute approximate surface area is 93.9 Å². The zero-order valence-corrected chi connectivity index (χ0v) is 9.41. The van der Waals surface area contributed by atoms with Gasteiger partial charge < -0.3 is 4.98 Å². The molecule has 1 fully saturated rings. The normalized spacial score (nSPS) is 15.8. The van der Waals surface area contributed by atoms with E-state index in [1.54, 1.807) is 12.4 Å². The second-order valence-corrected chi connectivity index (χ2v) is 4.60. The van der Waals surface area contributed by atoms with Crippen molar-refractivity contribution in [3.8, 4) is 0 Å². The van der Waals surface area contributed by atoms with Crippen molar-refractivity contribution in [3.63, 3.8) is 0 Å². The van der Waals surface area contributed by atoms with Gasteiger partial charge in [-0.1, -0.05) is 0 Å². The first-order chi connectivity index (χ1) is 7.25. The first-order valence-electron chi connectivity index (χ1n) is 4.79. The minimum atomic E-state index is -0.101. The van der Waals surface area contributed by atoms with Gasteiger partial charge in [-0.3, -0.25) is 9.78 Å². The average Bonchev–Trinajstić information content (AvgIpc) is 3.02. The summed E-state index contributed by atoms with van der Waals surface area (Å²) >= 11 is 3.36. The first kappa shape index (κ1) is 9.03. The van der Waals surface area contributed by atoms with Crippen molar-refractivity contribution < 1.29 is 0 Å². The Morgan fingerprint density at radius 3 is 2.93 bits per heavy atom. The Balaban J connectivity index is 2.37. The number of rotatable bonds is 1. The van der Waals surface area contributed by atoms with E-state index in [4.69, 9.17) is 0 Å². The second-order valence-electron chi connectivity index (χ2n) is 3.74. The third-order valence-corrected chi connectivity index (χ3v) is 3.14. The van der Waals surface area contributed by atoms with Crippen LogP contribution in [0.25, 0.3) is 10.9 Å².